The molecule has 1 unspecified atom stereocenters. The second-order valence-electron chi connectivity index (χ2n) is 17.6. The van der Waals surface area contributed by atoms with Gasteiger partial charge in [-0.1, -0.05) is 115 Å². The standard InChI is InChI=1S/C25H25.C13H8Cl2.C12H19.2ClH.Zr/c1-14-12-24(3,4)22-8-16-7-17-9-23-19(15(2)13-25(23,5)6)11-21(17)20(16)10-18(14)22;14-12-5-1-10(2-6-12)9-11-3-7-13(15)8-4-11;1-9(2)10-6-7-11(8-10)12(3,4)5;;;/h7-13H,1-6H3;1-8H;7-10H,1-5H3;2*1H;/q-1;;-1;;;+2/p-2. The molecule has 0 saturated heterocycles. The minimum absolute atomic E-state index is 0. The van der Waals surface area contributed by atoms with Gasteiger partial charge in [-0.3, -0.25) is 6.08 Å². The molecule has 0 aliphatic heterocycles. The maximum atomic E-state index is 5.86. The van der Waals surface area contributed by atoms with Crippen LogP contribution in [0.4, 0.5) is 0 Å². The van der Waals surface area contributed by atoms with E-state index in [-0.39, 0.29) is 41.1 Å². The van der Waals surface area contributed by atoms with Crippen molar-refractivity contribution in [3.8, 4) is 0 Å². The Morgan fingerprint density at radius 2 is 1.11 bits per heavy atom. The monoisotopic (exact) mass is 882 g/mol. The van der Waals surface area contributed by atoms with Gasteiger partial charge in [0.15, 0.2) is 0 Å². The summed E-state index contributed by atoms with van der Waals surface area (Å²) in [5.74, 6) is 1.22. The van der Waals surface area contributed by atoms with Gasteiger partial charge >= 0.3 is 120 Å². The molecule has 55 heavy (non-hydrogen) atoms. The van der Waals surface area contributed by atoms with Crippen LogP contribution in [0.25, 0.3) is 32.7 Å². The quantitative estimate of drug-likeness (QED) is 0.159. The number of hydrogen-bond acceptors (Lipinski definition) is 0. The van der Waals surface area contributed by atoms with E-state index < -0.39 is 0 Å². The van der Waals surface area contributed by atoms with Gasteiger partial charge in [0.25, 0.3) is 0 Å². The summed E-state index contributed by atoms with van der Waals surface area (Å²) < 4.78 is 1.31. The van der Waals surface area contributed by atoms with Gasteiger partial charge in [-0.25, -0.2) is 6.08 Å². The molecule has 0 N–H and O–H groups in total. The molecule has 0 amide bonds. The minimum atomic E-state index is 0. The molecule has 0 fully saturated rings. The van der Waals surface area contributed by atoms with Crippen LogP contribution in [0.2, 0.25) is 10.0 Å². The SMILES string of the molecule is CC(C)C1[C-]=CC(C(C)(C)C)=C1.CC1=CC(C)(C)c2cc3[cH-]c4cc5c(cc4c3cc21)C(C)=CC5(C)C.Clc1ccc([C](=[Zr+2])c2ccc(Cl)cc2)cc1.[Cl-].[Cl-]. The summed E-state index contributed by atoms with van der Waals surface area (Å²) in [6.45, 7) is 25.0. The minimum Gasteiger partial charge on any atom is -1.00 e. The van der Waals surface area contributed by atoms with E-state index in [9.17, 15) is 0 Å². The van der Waals surface area contributed by atoms with E-state index in [1.807, 2.05) is 48.5 Å². The van der Waals surface area contributed by atoms with E-state index in [0.29, 0.717) is 11.8 Å². The number of allylic oxidation sites excluding steroid dienone is 8. The van der Waals surface area contributed by atoms with Crippen LogP contribution >= 0.6 is 23.2 Å². The first-order valence-corrected chi connectivity index (χ1v) is 20.8. The molecule has 3 aliphatic carbocycles. The Labute approximate surface area is 367 Å². The van der Waals surface area contributed by atoms with Gasteiger partial charge in [0, 0.05) is 10.8 Å². The van der Waals surface area contributed by atoms with Crippen LogP contribution in [0.15, 0.2) is 109 Å². The number of benzene rings is 4. The number of halogens is 4. The molecule has 0 spiro atoms. The molecule has 1 atom stereocenters. The molecule has 3 aliphatic rings. The number of rotatable bonds is 3. The van der Waals surface area contributed by atoms with Gasteiger partial charge in [0.05, 0.1) is 0 Å². The largest absolute Gasteiger partial charge is 1.00 e. The second-order valence-corrected chi connectivity index (χ2v) is 19.7. The van der Waals surface area contributed by atoms with Crippen LogP contribution in [0.1, 0.15) is 110 Å². The normalized spacial score (nSPS) is 17.2. The van der Waals surface area contributed by atoms with Crippen LogP contribution in [-0.4, -0.2) is 3.21 Å². The zero-order valence-electron chi connectivity index (χ0n) is 34.0. The third-order valence-electron chi connectivity index (χ3n) is 11.0. The fraction of sp³-hybridized carbons (Fsp3) is 0.320. The van der Waals surface area contributed by atoms with Gasteiger partial charge in [-0.2, -0.15) is 11.6 Å². The Kier molecular flexibility index (Phi) is 14.2. The molecular formula is C50H52Cl4Zr-2. The van der Waals surface area contributed by atoms with E-state index in [0.717, 1.165) is 10.0 Å². The predicted octanol–water partition coefficient (Wildman–Crippen LogP) is 8.82. The van der Waals surface area contributed by atoms with Crippen LogP contribution in [-0.2, 0) is 35.1 Å². The van der Waals surface area contributed by atoms with Crippen molar-refractivity contribution in [3.05, 3.63) is 158 Å². The van der Waals surface area contributed by atoms with Crippen LogP contribution in [0.3, 0.4) is 0 Å². The van der Waals surface area contributed by atoms with E-state index in [2.05, 4.69) is 137 Å². The Morgan fingerprint density at radius 3 is 1.44 bits per heavy atom. The van der Waals surface area contributed by atoms with E-state index in [4.69, 9.17) is 23.2 Å². The number of fused-ring (bicyclic) bond motifs is 5. The molecule has 0 nitrogen and oxygen atoms in total. The summed E-state index contributed by atoms with van der Waals surface area (Å²) >= 11 is 13.1. The zero-order valence-corrected chi connectivity index (χ0v) is 39.5. The first-order valence-electron chi connectivity index (χ1n) is 18.8. The van der Waals surface area contributed by atoms with Crippen molar-refractivity contribution in [2.24, 2.45) is 17.3 Å². The van der Waals surface area contributed by atoms with Gasteiger partial charge in [0.1, 0.15) is 0 Å². The summed E-state index contributed by atoms with van der Waals surface area (Å²) in [5.41, 5.74) is 13.0. The van der Waals surface area contributed by atoms with Gasteiger partial charge in [-0.05, 0) is 36.1 Å². The van der Waals surface area contributed by atoms with Crippen molar-refractivity contribution in [3.63, 3.8) is 0 Å². The fourth-order valence-electron chi connectivity index (χ4n) is 7.94. The molecule has 0 saturated carbocycles. The topological polar surface area (TPSA) is 0 Å². The van der Waals surface area contributed by atoms with Crippen LogP contribution < -0.4 is 24.8 Å². The maximum absolute atomic E-state index is 5.86. The van der Waals surface area contributed by atoms with E-state index in [1.165, 1.54) is 99.1 Å². The predicted molar refractivity (Wildman–Crippen MR) is 230 cm³/mol. The summed E-state index contributed by atoms with van der Waals surface area (Å²) in [6.07, 6.45) is 12.7. The zero-order chi connectivity index (χ0) is 38.6. The molecule has 5 aromatic carbocycles. The first-order chi connectivity index (χ1) is 24.7. The van der Waals surface area contributed by atoms with E-state index in [1.54, 1.807) is 0 Å². The molecular weight excluding hydrogens is 834 g/mol. The van der Waals surface area contributed by atoms with Crippen molar-refractivity contribution >= 4 is 59.1 Å². The second kappa shape index (κ2) is 17.2. The molecule has 0 bridgehead atoms. The maximum Gasteiger partial charge on any atom is -1.00 e. The molecule has 0 heterocycles. The first kappa shape index (κ1) is 45.3. The Hall–Kier alpha value is -2.38. The van der Waals surface area contributed by atoms with Crippen molar-refractivity contribution in [2.75, 3.05) is 0 Å². The van der Waals surface area contributed by atoms with Crippen molar-refractivity contribution in [2.45, 2.75) is 87.0 Å². The van der Waals surface area contributed by atoms with Crippen molar-refractivity contribution in [1.82, 2.24) is 0 Å². The molecule has 0 aromatic heterocycles. The number of hydrogen-bond donors (Lipinski definition) is 0. The summed E-state index contributed by atoms with van der Waals surface area (Å²) in [7, 11) is 0. The van der Waals surface area contributed by atoms with Crippen molar-refractivity contribution in [1.29, 1.82) is 0 Å². The molecule has 8 rings (SSSR count). The van der Waals surface area contributed by atoms with Crippen molar-refractivity contribution < 1.29 is 49.0 Å². The summed E-state index contributed by atoms with van der Waals surface area (Å²) in [6, 6.07) is 27.9. The van der Waals surface area contributed by atoms with Gasteiger partial charge in [0.2, 0.25) is 0 Å². The molecule has 5 heteroatoms. The molecule has 286 valence electrons. The third-order valence-corrected chi connectivity index (χ3v) is 12.9. The molecule has 5 aromatic rings. The Morgan fingerprint density at radius 1 is 0.709 bits per heavy atom. The average Bonchev–Trinajstić information content (AvgIpc) is 3.83. The Balaban J connectivity index is 0.000000195. The summed E-state index contributed by atoms with van der Waals surface area (Å²) in [4.78, 5) is 0. The van der Waals surface area contributed by atoms with Gasteiger partial charge < -0.3 is 24.8 Å². The fourth-order valence-corrected chi connectivity index (χ4v) is 9.02. The molecule has 0 radical (unpaired) electrons. The van der Waals surface area contributed by atoms with Crippen LogP contribution in [0.5, 0.6) is 0 Å². The summed E-state index contributed by atoms with van der Waals surface area (Å²) in [5, 5.41) is 7.10. The third kappa shape index (κ3) is 9.68. The average molecular weight is 886 g/mol. The van der Waals surface area contributed by atoms with Crippen LogP contribution in [0, 0.1) is 23.3 Å². The van der Waals surface area contributed by atoms with E-state index >= 15 is 0 Å². The van der Waals surface area contributed by atoms with Gasteiger partial charge in [-0.15, -0.1) is 39.7 Å². The Bertz CT molecular complexity index is 2200. The smallest absolute Gasteiger partial charge is 1.00 e.